The van der Waals surface area contributed by atoms with E-state index < -0.39 is 5.97 Å². The number of hydrogen-bond acceptors (Lipinski definition) is 3. The highest BCUT2D eigenvalue weighted by atomic mass is 32.2. The van der Waals surface area contributed by atoms with Gasteiger partial charge in [-0.3, -0.25) is 4.79 Å². The summed E-state index contributed by atoms with van der Waals surface area (Å²) in [5, 5.41) is 12.2. The van der Waals surface area contributed by atoms with Crippen LogP contribution in [0.2, 0.25) is 0 Å². The summed E-state index contributed by atoms with van der Waals surface area (Å²) in [7, 11) is 0. The van der Waals surface area contributed by atoms with Crippen LogP contribution in [-0.4, -0.2) is 22.7 Å². The molecule has 0 saturated carbocycles. The van der Waals surface area contributed by atoms with Crippen LogP contribution in [0.1, 0.15) is 46.4 Å². The summed E-state index contributed by atoms with van der Waals surface area (Å²) in [4.78, 5) is 23.7. The SMILES string of the molecule is CC(=O)NC1CCSc2c(C)cc(C(=O)O)c(C)c21. The fraction of sp³-hybridized carbons (Fsp3) is 0.429. The molecule has 102 valence electrons. The summed E-state index contributed by atoms with van der Waals surface area (Å²) in [5.41, 5.74) is 3.04. The first-order valence-corrected chi connectivity index (χ1v) is 7.17. The van der Waals surface area contributed by atoms with Crippen molar-refractivity contribution in [1.82, 2.24) is 5.32 Å². The van der Waals surface area contributed by atoms with Crippen molar-refractivity contribution in [2.24, 2.45) is 0 Å². The lowest BCUT2D eigenvalue weighted by atomic mass is 9.92. The number of amides is 1. The zero-order valence-electron chi connectivity index (χ0n) is 11.2. The fourth-order valence-corrected chi connectivity index (χ4v) is 3.86. The van der Waals surface area contributed by atoms with Crippen molar-refractivity contribution in [2.45, 2.75) is 38.1 Å². The van der Waals surface area contributed by atoms with Gasteiger partial charge in [0.05, 0.1) is 11.6 Å². The predicted molar refractivity (Wildman–Crippen MR) is 74.8 cm³/mol. The van der Waals surface area contributed by atoms with Gasteiger partial charge in [0, 0.05) is 17.6 Å². The van der Waals surface area contributed by atoms with Crippen molar-refractivity contribution >= 4 is 23.6 Å². The molecule has 1 aliphatic rings. The standard InChI is InChI=1S/C14H17NO3S/c1-7-6-10(14(17)18)8(2)12-11(15-9(3)16)4-5-19-13(7)12/h6,11H,4-5H2,1-3H3,(H,15,16)(H,17,18). The van der Waals surface area contributed by atoms with Crippen LogP contribution in [0.4, 0.5) is 0 Å². The first kappa shape index (κ1) is 13.9. The summed E-state index contributed by atoms with van der Waals surface area (Å²) in [5.74, 6) is -0.0637. The van der Waals surface area contributed by atoms with Gasteiger partial charge in [-0.1, -0.05) is 0 Å². The molecule has 0 aromatic heterocycles. The smallest absolute Gasteiger partial charge is 0.335 e. The van der Waals surface area contributed by atoms with Crippen molar-refractivity contribution in [2.75, 3.05) is 5.75 Å². The number of rotatable bonds is 2. The Hall–Kier alpha value is -1.49. The predicted octanol–water partition coefficient (Wildman–Crippen LogP) is 2.67. The molecular formula is C14H17NO3S. The van der Waals surface area contributed by atoms with Gasteiger partial charge in [0.2, 0.25) is 5.91 Å². The molecule has 1 aromatic carbocycles. The summed E-state index contributed by atoms with van der Waals surface area (Å²) in [6.45, 7) is 5.24. The first-order chi connectivity index (χ1) is 8.91. The third-order valence-corrected chi connectivity index (χ3v) is 4.65. The lowest BCUT2D eigenvalue weighted by molar-refractivity contribution is -0.119. The number of benzene rings is 1. The Morgan fingerprint density at radius 3 is 2.68 bits per heavy atom. The lowest BCUT2D eigenvalue weighted by Crippen LogP contribution is -2.30. The number of carboxylic acid groups (broad SMARTS) is 1. The van der Waals surface area contributed by atoms with Gasteiger partial charge in [-0.25, -0.2) is 4.79 Å². The average Bonchev–Trinajstić information content (AvgIpc) is 2.32. The topological polar surface area (TPSA) is 66.4 Å². The Kier molecular flexibility index (Phi) is 3.85. The molecular weight excluding hydrogens is 262 g/mol. The molecule has 19 heavy (non-hydrogen) atoms. The van der Waals surface area contributed by atoms with E-state index in [1.807, 2.05) is 13.8 Å². The van der Waals surface area contributed by atoms with E-state index in [2.05, 4.69) is 5.32 Å². The minimum atomic E-state index is -0.916. The maximum atomic E-state index is 11.3. The van der Waals surface area contributed by atoms with Gasteiger partial charge in [-0.15, -0.1) is 11.8 Å². The number of carbonyl (C=O) groups is 2. The molecule has 2 rings (SSSR count). The fourth-order valence-electron chi connectivity index (χ4n) is 2.56. The molecule has 1 aliphatic heterocycles. The molecule has 4 nitrogen and oxygen atoms in total. The molecule has 0 bridgehead atoms. The molecule has 1 aromatic rings. The van der Waals surface area contributed by atoms with E-state index in [4.69, 9.17) is 0 Å². The quantitative estimate of drug-likeness (QED) is 0.873. The van der Waals surface area contributed by atoms with Crippen molar-refractivity contribution in [3.05, 3.63) is 28.3 Å². The van der Waals surface area contributed by atoms with E-state index in [-0.39, 0.29) is 11.9 Å². The maximum Gasteiger partial charge on any atom is 0.335 e. The van der Waals surface area contributed by atoms with Crippen LogP contribution < -0.4 is 5.32 Å². The molecule has 1 heterocycles. The molecule has 0 spiro atoms. The Balaban J connectivity index is 2.59. The van der Waals surface area contributed by atoms with Crippen molar-refractivity contribution < 1.29 is 14.7 Å². The Labute approximate surface area is 116 Å². The third-order valence-electron chi connectivity index (χ3n) is 3.38. The summed E-state index contributed by atoms with van der Waals surface area (Å²) < 4.78 is 0. The molecule has 1 atom stereocenters. The highest BCUT2D eigenvalue weighted by molar-refractivity contribution is 7.99. The highest BCUT2D eigenvalue weighted by Gasteiger charge is 2.27. The number of carbonyl (C=O) groups excluding carboxylic acids is 1. The Morgan fingerprint density at radius 2 is 2.11 bits per heavy atom. The molecule has 1 unspecified atom stereocenters. The largest absolute Gasteiger partial charge is 0.478 e. The molecule has 1 amide bonds. The highest BCUT2D eigenvalue weighted by Crippen LogP contribution is 2.41. The van der Waals surface area contributed by atoms with Crippen LogP contribution >= 0.6 is 11.8 Å². The zero-order chi connectivity index (χ0) is 14.2. The van der Waals surface area contributed by atoms with Crippen LogP contribution in [0.3, 0.4) is 0 Å². The van der Waals surface area contributed by atoms with E-state index in [1.54, 1.807) is 17.8 Å². The molecule has 0 aliphatic carbocycles. The number of carboxylic acids is 1. The average molecular weight is 279 g/mol. The summed E-state index contributed by atoms with van der Waals surface area (Å²) in [6, 6.07) is 1.64. The van der Waals surface area contributed by atoms with E-state index in [9.17, 15) is 14.7 Å². The number of aryl methyl sites for hydroxylation is 1. The van der Waals surface area contributed by atoms with Gasteiger partial charge in [0.1, 0.15) is 0 Å². The van der Waals surface area contributed by atoms with Gasteiger partial charge < -0.3 is 10.4 Å². The van der Waals surface area contributed by atoms with Gasteiger partial charge in [0.25, 0.3) is 0 Å². The van der Waals surface area contributed by atoms with Crippen LogP contribution in [0.15, 0.2) is 11.0 Å². The van der Waals surface area contributed by atoms with E-state index in [0.29, 0.717) is 5.56 Å². The monoisotopic (exact) mass is 279 g/mol. The van der Waals surface area contributed by atoms with Gasteiger partial charge >= 0.3 is 5.97 Å². The second-order valence-corrected chi connectivity index (χ2v) is 5.91. The molecule has 0 radical (unpaired) electrons. The van der Waals surface area contributed by atoms with Crippen molar-refractivity contribution in [3.63, 3.8) is 0 Å². The number of nitrogens with one attached hydrogen (secondary N) is 1. The molecule has 0 fully saturated rings. The number of aromatic carboxylic acids is 1. The minimum absolute atomic E-state index is 0.0771. The number of fused-ring (bicyclic) bond motifs is 1. The van der Waals surface area contributed by atoms with Crippen molar-refractivity contribution in [1.29, 1.82) is 0 Å². The molecule has 0 saturated heterocycles. The number of thioether (sulfide) groups is 1. The Morgan fingerprint density at radius 1 is 1.42 bits per heavy atom. The molecule has 2 N–H and O–H groups in total. The maximum absolute atomic E-state index is 11.3. The summed E-state index contributed by atoms with van der Waals surface area (Å²) in [6.07, 6.45) is 0.834. The number of hydrogen-bond donors (Lipinski definition) is 2. The normalized spacial score (nSPS) is 17.7. The van der Waals surface area contributed by atoms with Crippen LogP contribution in [0.25, 0.3) is 0 Å². The minimum Gasteiger partial charge on any atom is -0.478 e. The summed E-state index contributed by atoms with van der Waals surface area (Å²) >= 11 is 1.74. The van der Waals surface area contributed by atoms with Gasteiger partial charge in [-0.05, 0) is 43.0 Å². The van der Waals surface area contributed by atoms with Crippen LogP contribution in [-0.2, 0) is 4.79 Å². The second-order valence-electron chi connectivity index (χ2n) is 4.80. The van der Waals surface area contributed by atoms with Crippen LogP contribution in [0, 0.1) is 13.8 Å². The lowest BCUT2D eigenvalue weighted by Gasteiger charge is -2.29. The van der Waals surface area contributed by atoms with Gasteiger partial charge in [-0.2, -0.15) is 0 Å². The second kappa shape index (κ2) is 5.25. The van der Waals surface area contributed by atoms with E-state index >= 15 is 0 Å². The van der Waals surface area contributed by atoms with Crippen molar-refractivity contribution in [3.8, 4) is 0 Å². The molecule has 5 heteroatoms. The Bertz CT molecular complexity index is 554. The van der Waals surface area contributed by atoms with Gasteiger partial charge in [0.15, 0.2) is 0 Å². The van der Waals surface area contributed by atoms with E-state index in [0.717, 1.165) is 33.8 Å². The van der Waals surface area contributed by atoms with Crippen LogP contribution in [0.5, 0.6) is 0 Å². The first-order valence-electron chi connectivity index (χ1n) is 6.19. The van der Waals surface area contributed by atoms with E-state index in [1.165, 1.54) is 6.92 Å². The third kappa shape index (κ3) is 2.61. The zero-order valence-corrected chi connectivity index (χ0v) is 12.1.